The lowest BCUT2D eigenvalue weighted by Gasteiger charge is -2.20. The van der Waals surface area contributed by atoms with Gasteiger partial charge in [0.15, 0.2) is 23.0 Å². The van der Waals surface area contributed by atoms with E-state index in [2.05, 4.69) is 5.32 Å². The zero-order valence-corrected chi connectivity index (χ0v) is 18.9. The molecule has 1 aliphatic rings. The molecule has 1 aliphatic heterocycles. The number of ether oxygens (including phenoxy) is 4. The van der Waals surface area contributed by atoms with Gasteiger partial charge < -0.3 is 34.6 Å². The standard InChI is InChI=1S/C24H25N3O6/c1-13-9-16(14(2)27(13)15-5-6-19-22(10-15)33-8-7-32-19)24(29)26-18-12-21(31-4)20(30-3)11-17(18)23(25)28/h5-6,9-12H,7-8H2,1-4H3,(H2,25,28)(H,26,29). The Balaban J connectivity index is 1.69. The molecule has 2 aromatic carbocycles. The van der Waals surface area contributed by atoms with Crippen molar-refractivity contribution in [2.45, 2.75) is 13.8 Å². The number of hydrogen-bond acceptors (Lipinski definition) is 6. The summed E-state index contributed by atoms with van der Waals surface area (Å²) in [6.45, 7) is 4.76. The van der Waals surface area contributed by atoms with E-state index in [1.807, 2.05) is 36.6 Å². The van der Waals surface area contributed by atoms with Gasteiger partial charge in [-0.05, 0) is 38.1 Å². The summed E-state index contributed by atoms with van der Waals surface area (Å²) in [5, 5.41) is 2.78. The summed E-state index contributed by atoms with van der Waals surface area (Å²) in [6, 6.07) is 10.4. The van der Waals surface area contributed by atoms with Crippen LogP contribution in [0.1, 0.15) is 32.1 Å². The minimum Gasteiger partial charge on any atom is -0.493 e. The number of nitrogens with one attached hydrogen (secondary N) is 1. The van der Waals surface area contributed by atoms with Crippen LogP contribution in [-0.4, -0.2) is 43.8 Å². The molecule has 0 saturated heterocycles. The Morgan fingerprint density at radius 3 is 2.27 bits per heavy atom. The van der Waals surface area contributed by atoms with Crippen LogP contribution in [0, 0.1) is 13.8 Å². The number of rotatable bonds is 6. The maximum atomic E-state index is 13.2. The van der Waals surface area contributed by atoms with E-state index in [0.29, 0.717) is 41.8 Å². The summed E-state index contributed by atoms with van der Waals surface area (Å²) in [6.07, 6.45) is 0. The number of benzene rings is 2. The van der Waals surface area contributed by atoms with Crippen molar-refractivity contribution in [1.29, 1.82) is 0 Å². The molecule has 9 nitrogen and oxygen atoms in total. The third-order valence-corrected chi connectivity index (χ3v) is 5.50. The Labute approximate surface area is 191 Å². The fourth-order valence-corrected chi connectivity index (χ4v) is 3.94. The molecule has 0 spiro atoms. The topological polar surface area (TPSA) is 114 Å². The van der Waals surface area contributed by atoms with Crippen molar-refractivity contribution >= 4 is 17.5 Å². The second-order valence-corrected chi connectivity index (χ2v) is 7.52. The summed E-state index contributed by atoms with van der Waals surface area (Å²) in [5.41, 5.74) is 8.74. The lowest BCUT2D eigenvalue weighted by atomic mass is 10.1. The second-order valence-electron chi connectivity index (χ2n) is 7.52. The molecule has 1 aromatic heterocycles. The predicted octanol–water partition coefficient (Wildman–Crippen LogP) is 3.23. The van der Waals surface area contributed by atoms with Crippen LogP contribution in [0.2, 0.25) is 0 Å². The van der Waals surface area contributed by atoms with Gasteiger partial charge in [0, 0.05) is 29.2 Å². The Morgan fingerprint density at radius 2 is 1.61 bits per heavy atom. The number of aryl methyl sites for hydroxylation is 1. The normalized spacial score (nSPS) is 12.2. The number of nitrogens with zero attached hydrogens (tertiary/aromatic N) is 1. The zero-order valence-electron chi connectivity index (χ0n) is 18.9. The predicted molar refractivity (Wildman–Crippen MR) is 122 cm³/mol. The quantitative estimate of drug-likeness (QED) is 0.595. The number of anilines is 1. The highest BCUT2D eigenvalue weighted by Crippen LogP contribution is 2.35. The first kappa shape index (κ1) is 22.1. The summed E-state index contributed by atoms with van der Waals surface area (Å²) in [5.74, 6) is 0.960. The van der Waals surface area contributed by atoms with Crippen LogP contribution >= 0.6 is 0 Å². The molecule has 4 rings (SSSR count). The maximum absolute atomic E-state index is 13.2. The van der Waals surface area contributed by atoms with Crippen LogP contribution in [0.5, 0.6) is 23.0 Å². The molecule has 0 aliphatic carbocycles. The Bertz CT molecular complexity index is 1250. The van der Waals surface area contributed by atoms with Gasteiger partial charge in [-0.15, -0.1) is 0 Å². The van der Waals surface area contributed by atoms with Gasteiger partial charge in [0.25, 0.3) is 11.8 Å². The second kappa shape index (κ2) is 8.78. The Hall–Kier alpha value is -4.14. The maximum Gasteiger partial charge on any atom is 0.257 e. The SMILES string of the molecule is COc1cc(NC(=O)c2cc(C)n(-c3ccc4c(c3)OCCO4)c2C)c(C(N)=O)cc1OC. The first-order valence-corrected chi connectivity index (χ1v) is 10.3. The minimum atomic E-state index is -0.701. The van der Waals surface area contributed by atoms with E-state index in [1.54, 1.807) is 6.07 Å². The van der Waals surface area contributed by atoms with E-state index in [0.717, 1.165) is 17.1 Å². The van der Waals surface area contributed by atoms with Crippen LogP contribution < -0.4 is 30.0 Å². The van der Waals surface area contributed by atoms with Crippen molar-refractivity contribution in [3.8, 4) is 28.7 Å². The fraction of sp³-hybridized carbons (Fsp3) is 0.250. The smallest absolute Gasteiger partial charge is 0.257 e. The third kappa shape index (κ3) is 4.05. The number of hydrogen-bond donors (Lipinski definition) is 2. The molecule has 33 heavy (non-hydrogen) atoms. The minimum absolute atomic E-state index is 0.113. The van der Waals surface area contributed by atoms with Gasteiger partial charge in [-0.25, -0.2) is 0 Å². The number of nitrogens with two attached hydrogens (primary N) is 1. The molecule has 172 valence electrons. The molecular weight excluding hydrogens is 426 g/mol. The Morgan fingerprint density at radius 1 is 0.939 bits per heavy atom. The monoisotopic (exact) mass is 451 g/mol. The Kier molecular flexibility index (Phi) is 5.87. The van der Waals surface area contributed by atoms with Crippen LogP contribution in [0.15, 0.2) is 36.4 Å². The van der Waals surface area contributed by atoms with Crippen LogP contribution in [-0.2, 0) is 0 Å². The highest BCUT2D eigenvalue weighted by molar-refractivity contribution is 6.10. The van der Waals surface area contributed by atoms with Crippen molar-refractivity contribution in [3.63, 3.8) is 0 Å². The zero-order chi connectivity index (χ0) is 23.7. The average Bonchev–Trinajstić information content (AvgIpc) is 3.12. The third-order valence-electron chi connectivity index (χ3n) is 5.50. The first-order chi connectivity index (χ1) is 15.8. The number of carbonyl (C=O) groups is 2. The average molecular weight is 451 g/mol. The van der Waals surface area contributed by atoms with Gasteiger partial charge in [0.05, 0.1) is 31.0 Å². The molecule has 3 N–H and O–H groups in total. The number of carbonyl (C=O) groups excluding carboxylic acids is 2. The van der Waals surface area contributed by atoms with Crippen LogP contribution in [0.4, 0.5) is 5.69 Å². The van der Waals surface area contributed by atoms with Gasteiger partial charge in [-0.1, -0.05) is 0 Å². The molecule has 9 heteroatoms. The van der Waals surface area contributed by atoms with Gasteiger partial charge in [-0.2, -0.15) is 0 Å². The van der Waals surface area contributed by atoms with Gasteiger partial charge in [0.1, 0.15) is 13.2 Å². The van der Waals surface area contributed by atoms with Gasteiger partial charge >= 0.3 is 0 Å². The highest BCUT2D eigenvalue weighted by Gasteiger charge is 2.22. The van der Waals surface area contributed by atoms with Crippen molar-refractivity contribution in [2.24, 2.45) is 5.73 Å². The fourth-order valence-electron chi connectivity index (χ4n) is 3.94. The van der Waals surface area contributed by atoms with E-state index >= 15 is 0 Å². The molecule has 3 aromatic rings. The molecular formula is C24H25N3O6. The van der Waals surface area contributed by atoms with E-state index in [4.69, 9.17) is 24.7 Å². The molecule has 0 saturated carbocycles. The highest BCUT2D eigenvalue weighted by atomic mass is 16.6. The van der Waals surface area contributed by atoms with Crippen LogP contribution in [0.25, 0.3) is 5.69 Å². The number of fused-ring (bicyclic) bond motifs is 1. The molecule has 0 bridgehead atoms. The molecule has 2 heterocycles. The van der Waals surface area contributed by atoms with E-state index in [1.165, 1.54) is 26.4 Å². The summed E-state index contributed by atoms with van der Waals surface area (Å²) >= 11 is 0. The van der Waals surface area contributed by atoms with Crippen molar-refractivity contribution in [1.82, 2.24) is 4.57 Å². The van der Waals surface area contributed by atoms with Crippen molar-refractivity contribution in [2.75, 3.05) is 32.8 Å². The van der Waals surface area contributed by atoms with E-state index in [-0.39, 0.29) is 17.2 Å². The summed E-state index contributed by atoms with van der Waals surface area (Å²) in [4.78, 5) is 25.2. The van der Waals surface area contributed by atoms with Crippen molar-refractivity contribution in [3.05, 3.63) is 58.9 Å². The largest absolute Gasteiger partial charge is 0.493 e. The van der Waals surface area contributed by atoms with Crippen LogP contribution in [0.3, 0.4) is 0 Å². The molecule has 2 amide bonds. The van der Waals surface area contributed by atoms with Gasteiger partial charge in [-0.3, -0.25) is 9.59 Å². The lowest BCUT2D eigenvalue weighted by molar-refractivity contribution is 0.100. The lowest BCUT2D eigenvalue weighted by Crippen LogP contribution is -2.19. The molecule has 0 unspecified atom stereocenters. The van der Waals surface area contributed by atoms with Gasteiger partial charge in [0.2, 0.25) is 0 Å². The molecule has 0 atom stereocenters. The summed E-state index contributed by atoms with van der Waals surface area (Å²) in [7, 11) is 2.92. The van der Waals surface area contributed by atoms with Crippen molar-refractivity contribution < 1.29 is 28.5 Å². The number of amides is 2. The van der Waals surface area contributed by atoms with E-state index < -0.39 is 5.91 Å². The first-order valence-electron chi connectivity index (χ1n) is 10.3. The van der Waals surface area contributed by atoms with E-state index in [9.17, 15) is 9.59 Å². The molecule has 0 radical (unpaired) electrons. The number of primary amides is 1. The molecule has 0 fully saturated rings. The summed E-state index contributed by atoms with van der Waals surface area (Å²) < 4.78 is 23.8. The number of aromatic nitrogens is 1. The number of methoxy groups -OCH3 is 2.